The van der Waals surface area contributed by atoms with Gasteiger partial charge in [-0.15, -0.1) is 0 Å². The van der Waals surface area contributed by atoms with E-state index in [2.05, 4.69) is 5.32 Å². The van der Waals surface area contributed by atoms with E-state index >= 15 is 0 Å². The van der Waals surface area contributed by atoms with E-state index in [0.29, 0.717) is 11.6 Å². The monoisotopic (exact) mass is 239 g/mol. The largest absolute Gasteiger partial charge is 0.462 e. The molecule has 0 aliphatic carbocycles. The molecule has 0 radical (unpaired) electrons. The topological polar surface area (TPSA) is 34.4 Å². The van der Waals surface area contributed by atoms with E-state index in [1.807, 2.05) is 18.2 Å². The summed E-state index contributed by atoms with van der Waals surface area (Å²) in [4.78, 5) is 0. The number of furan rings is 1. The van der Waals surface area contributed by atoms with Crippen LogP contribution in [0.3, 0.4) is 0 Å². The summed E-state index contributed by atoms with van der Waals surface area (Å²) in [5.74, 6) is 0. The van der Waals surface area contributed by atoms with Crippen molar-refractivity contribution in [3.05, 3.63) is 35.0 Å². The third-order valence-corrected chi connectivity index (χ3v) is 2.73. The quantitative estimate of drug-likeness (QED) is 0.815. The zero-order valence-corrected chi connectivity index (χ0v) is 9.88. The number of hydrogen-bond acceptors (Lipinski definition) is 3. The van der Waals surface area contributed by atoms with Gasteiger partial charge in [0.25, 0.3) is 0 Å². The molecular weight excluding hydrogens is 226 g/mol. The minimum absolute atomic E-state index is 0.653. The van der Waals surface area contributed by atoms with E-state index in [0.717, 1.165) is 29.6 Å². The predicted octanol–water partition coefficient (Wildman–Crippen LogP) is 2.82. The smallest absolute Gasteiger partial charge is 0.152 e. The minimum Gasteiger partial charge on any atom is -0.462 e. The SMILES string of the molecule is COCCNCc1coc2c(Cl)cccc12. The van der Waals surface area contributed by atoms with Crippen LogP contribution in [0.15, 0.2) is 28.9 Å². The fourth-order valence-electron chi connectivity index (χ4n) is 1.61. The van der Waals surface area contributed by atoms with Gasteiger partial charge in [-0.1, -0.05) is 23.7 Å². The Hall–Kier alpha value is -1.03. The maximum Gasteiger partial charge on any atom is 0.152 e. The van der Waals surface area contributed by atoms with Gasteiger partial charge in [-0.25, -0.2) is 0 Å². The minimum atomic E-state index is 0.653. The molecule has 0 fully saturated rings. The predicted molar refractivity (Wildman–Crippen MR) is 64.8 cm³/mol. The van der Waals surface area contributed by atoms with E-state index in [9.17, 15) is 0 Å². The number of nitrogens with one attached hydrogen (secondary N) is 1. The van der Waals surface area contributed by atoms with Crippen LogP contribution >= 0.6 is 11.6 Å². The molecule has 0 aliphatic rings. The lowest BCUT2D eigenvalue weighted by Gasteiger charge is -2.01. The van der Waals surface area contributed by atoms with Gasteiger partial charge in [0.05, 0.1) is 17.9 Å². The van der Waals surface area contributed by atoms with Crippen LogP contribution < -0.4 is 5.32 Å². The molecule has 2 aromatic rings. The number of ether oxygens (including phenoxy) is 1. The van der Waals surface area contributed by atoms with E-state index in [-0.39, 0.29) is 0 Å². The molecule has 1 aromatic heterocycles. The molecule has 3 nitrogen and oxygen atoms in total. The van der Waals surface area contributed by atoms with E-state index in [1.54, 1.807) is 13.4 Å². The van der Waals surface area contributed by atoms with Gasteiger partial charge in [-0.2, -0.15) is 0 Å². The summed E-state index contributed by atoms with van der Waals surface area (Å²) in [6, 6.07) is 5.77. The average molecular weight is 240 g/mol. The zero-order valence-electron chi connectivity index (χ0n) is 9.13. The van der Waals surface area contributed by atoms with Crippen molar-refractivity contribution in [1.82, 2.24) is 5.32 Å². The molecule has 0 bridgehead atoms. The van der Waals surface area contributed by atoms with Gasteiger partial charge < -0.3 is 14.5 Å². The van der Waals surface area contributed by atoms with Gasteiger partial charge in [-0.05, 0) is 6.07 Å². The summed E-state index contributed by atoms with van der Waals surface area (Å²) >= 11 is 6.02. The lowest BCUT2D eigenvalue weighted by molar-refractivity contribution is 0.199. The fourth-order valence-corrected chi connectivity index (χ4v) is 1.83. The lowest BCUT2D eigenvalue weighted by atomic mass is 10.2. The summed E-state index contributed by atoms with van der Waals surface area (Å²) in [5.41, 5.74) is 1.88. The first-order valence-electron chi connectivity index (χ1n) is 5.17. The molecule has 0 unspecified atom stereocenters. The van der Waals surface area contributed by atoms with Gasteiger partial charge in [-0.3, -0.25) is 0 Å². The highest BCUT2D eigenvalue weighted by Crippen LogP contribution is 2.27. The summed E-state index contributed by atoms with van der Waals surface area (Å²) in [6.07, 6.45) is 1.75. The van der Waals surface area contributed by atoms with E-state index in [4.69, 9.17) is 20.8 Å². The van der Waals surface area contributed by atoms with Crippen LogP contribution in [0.4, 0.5) is 0 Å². The molecule has 0 amide bonds. The maximum absolute atomic E-state index is 6.02. The molecule has 2 rings (SSSR count). The van der Waals surface area contributed by atoms with Crippen LogP contribution in [-0.2, 0) is 11.3 Å². The summed E-state index contributed by atoms with van der Waals surface area (Å²) < 4.78 is 10.4. The van der Waals surface area contributed by atoms with Crippen molar-refractivity contribution in [1.29, 1.82) is 0 Å². The molecule has 1 aromatic carbocycles. The third-order valence-electron chi connectivity index (χ3n) is 2.43. The highest BCUT2D eigenvalue weighted by molar-refractivity contribution is 6.34. The second-order valence-corrected chi connectivity index (χ2v) is 3.95. The fraction of sp³-hybridized carbons (Fsp3) is 0.333. The molecule has 86 valence electrons. The number of methoxy groups -OCH3 is 1. The number of halogens is 1. The lowest BCUT2D eigenvalue weighted by Crippen LogP contribution is -2.18. The van der Waals surface area contributed by atoms with Crippen molar-refractivity contribution in [2.45, 2.75) is 6.54 Å². The number of benzene rings is 1. The van der Waals surface area contributed by atoms with Gasteiger partial charge in [0, 0.05) is 31.1 Å². The standard InChI is InChI=1S/C12H14ClNO2/c1-15-6-5-14-7-9-8-16-12-10(9)3-2-4-11(12)13/h2-4,8,14H,5-7H2,1H3. The first-order valence-corrected chi connectivity index (χ1v) is 5.55. The van der Waals surface area contributed by atoms with Crippen molar-refractivity contribution in [2.75, 3.05) is 20.3 Å². The molecule has 16 heavy (non-hydrogen) atoms. The summed E-state index contributed by atoms with van der Waals surface area (Å²) in [7, 11) is 1.69. The molecule has 0 atom stereocenters. The first kappa shape index (κ1) is 11.5. The number of para-hydroxylation sites is 1. The summed E-state index contributed by atoms with van der Waals surface area (Å²) in [6.45, 7) is 2.29. The van der Waals surface area contributed by atoms with Gasteiger partial charge >= 0.3 is 0 Å². The molecule has 1 N–H and O–H groups in total. The second-order valence-electron chi connectivity index (χ2n) is 3.55. The Balaban J connectivity index is 2.10. The Bertz CT molecular complexity index is 467. The van der Waals surface area contributed by atoms with Gasteiger partial charge in [0.1, 0.15) is 0 Å². The van der Waals surface area contributed by atoms with Crippen molar-refractivity contribution in [2.24, 2.45) is 0 Å². The second kappa shape index (κ2) is 5.34. The van der Waals surface area contributed by atoms with Crippen LogP contribution in [-0.4, -0.2) is 20.3 Å². The molecule has 0 saturated heterocycles. The van der Waals surface area contributed by atoms with Crippen molar-refractivity contribution >= 4 is 22.6 Å². The van der Waals surface area contributed by atoms with Crippen molar-refractivity contribution in [3.63, 3.8) is 0 Å². The Morgan fingerprint density at radius 3 is 3.12 bits per heavy atom. The van der Waals surface area contributed by atoms with Crippen LogP contribution in [0.5, 0.6) is 0 Å². The summed E-state index contributed by atoms with van der Waals surface area (Å²) in [5, 5.41) is 4.99. The highest BCUT2D eigenvalue weighted by Gasteiger charge is 2.07. The highest BCUT2D eigenvalue weighted by atomic mass is 35.5. The third kappa shape index (κ3) is 2.38. The number of fused-ring (bicyclic) bond motifs is 1. The van der Waals surface area contributed by atoms with E-state index < -0.39 is 0 Å². The van der Waals surface area contributed by atoms with Crippen molar-refractivity contribution < 1.29 is 9.15 Å². The normalized spacial score (nSPS) is 11.1. The van der Waals surface area contributed by atoms with Gasteiger partial charge in [0.2, 0.25) is 0 Å². The zero-order chi connectivity index (χ0) is 11.4. The Morgan fingerprint density at radius 2 is 2.31 bits per heavy atom. The Morgan fingerprint density at radius 1 is 1.44 bits per heavy atom. The molecule has 0 aliphatic heterocycles. The Labute approximate surface area is 99.3 Å². The van der Waals surface area contributed by atoms with Crippen LogP contribution in [0.2, 0.25) is 5.02 Å². The first-order chi connectivity index (χ1) is 7.83. The van der Waals surface area contributed by atoms with Crippen molar-refractivity contribution in [3.8, 4) is 0 Å². The molecule has 0 saturated carbocycles. The number of hydrogen-bond donors (Lipinski definition) is 1. The molecule has 0 spiro atoms. The molecule has 1 heterocycles. The van der Waals surface area contributed by atoms with E-state index in [1.165, 1.54) is 0 Å². The molecule has 4 heteroatoms. The van der Waals surface area contributed by atoms with Gasteiger partial charge in [0.15, 0.2) is 5.58 Å². The molecular formula is C12H14ClNO2. The Kier molecular flexibility index (Phi) is 3.83. The number of rotatable bonds is 5. The van der Waals surface area contributed by atoms with Crippen LogP contribution in [0.1, 0.15) is 5.56 Å². The average Bonchev–Trinajstić information content (AvgIpc) is 2.70. The van der Waals surface area contributed by atoms with Crippen LogP contribution in [0.25, 0.3) is 11.0 Å². The van der Waals surface area contributed by atoms with Crippen LogP contribution in [0, 0.1) is 0 Å². The maximum atomic E-state index is 6.02.